The summed E-state index contributed by atoms with van der Waals surface area (Å²) in [6.45, 7) is 7.08. The summed E-state index contributed by atoms with van der Waals surface area (Å²) in [5.74, 6) is 0. The number of aryl methyl sites for hydroxylation is 4. The molecule has 0 amide bonds. The van der Waals surface area contributed by atoms with E-state index in [2.05, 4.69) is 39.3 Å². The van der Waals surface area contributed by atoms with Crippen LogP contribution in [-0.4, -0.2) is 26.6 Å². The predicted octanol–water partition coefficient (Wildman–Crippen LogP) is 1.76. The Bertz CT molecular complexity index is 552. The molecule has 0 aliphatic rings. The fraction of sp³-hybridized carbons (Fsp3) is 0.571. The molecule has 2 heterocycles. The van der Waals surface area contributed by atoms with Crippen LogP contribution in [0.1, 0.15) is 35.7 Å². The maximum atomic E-state index is 4.52. The molecule has 104 valence electrons. The highest BCUT2D eigenvalue weighted by atomic mass is 15.3. The molecular weight excluding hydrogens is 238 g/mol. The number of aromatic nitrogens is 4. The third-order valence-electron chi connectivity index (χ3n) is 3.45. The Morgan fingerprint density at radius 1 is 1.21 bits per heavy atom. The van der Waals surface area contributed by atoms with Gasteiger partial charge in [-0.1, -0.05) is 0 Å². The van der Waals surface area contributed by atoms with Gasteiger partial charge in [-0.05, 0) is 40.0 Å². The zero-order valence-electron chi connectivity index (χ0n) is 12.4. The van der Waals surface area contributed by atoms with Crippen molar-refractivity contribution in [2.24, 2.45) is 7.05 Å². The lowest BCUT2D eigenvalue weighted by Gasteiger charge is -2.17. The average Bonchev–Trinajstić information content (AvgIpc) is 2.89. The van der Waals surface area contributed by atoms with Crippen molar-refractivity contribution < 1.29 is 0 Å². The van der Waals surface area contributed by atoms with E-state index in [9.17, 15) is 0 Å². The second kappa shape index (κ2) is 5.57. The Labute approximate surface area is 114 Å². The molecule has 0 spiro atoms. The number of hydrogen-bond acceptors (Lipinski definition) is 3. The summed E-state index contributed by atoms with van der Waals surface area (Å²) in [5.41, 5.74) is 4.60. The highest BCUT2D eigenvalue weighted by Gasteiger charge is 2.17. The lowest BCUT2D eigenvalue weighted by atomic mass is 10.1. The van der Waals surface area contributed by atoms with Gasteiger partial charge in [0, 0.05) is 25.7 Å². The standard InChI is InChI=1S/C14H23N5/c1-6-19-14(8-11(3)17-19)13(15-4)9-12-7-10(2)16-18(12)5/h7-8,13,15H,6,9H2,1-5H3. The molecule has 1 N–H and O–H groups in total. The first-order chi connectivity index (χ1) is 9.05. The van der Waals surface area contributed by atoms with E-state index >= 15 is 0 Å². The van der Waals surface area contributed by atoms with E-state index in [0.29, 0.717) is 0 Å². The smallest absolute Gasteiger partial charge is 0.0597 e. The maximum absolute atomic E-state index is 4.52. The zero-order valence-corrected chi connectivity index (χ0v) is 12.4. The summed E-state index contributed by atoms with van der Waals surface area (Å²) in [6, 6.07) is 4.56. The van der Waals surface area contributed by atoms with E-state index in [1.54, 1.807) is 0 Å². The lowest BCUT2D eigenvalue weighted by molar-refractivity contribution is 0.499. The summed E-state index contributed by atoms with van der Waals surface area (Å²) >= 11 is 0. The summed E-state index contributed by atoms with van der Waals surface area (Å²) in [6.07, 6.45) is 0.916. The number of nitrogens with one attached hydrogen (secondary N) is 1. The van der Waals surface area contributed by atoms with Crippen LogP contribution in [0.5, 0.6) is 0 Å². The molecular formula is C14H23N5. The molecule has 1 atom stereocenters. The van der Waals surface area contributed by atoms with Crippen molar-refractivity contribution in [3.8, 4) is 0 Å². The van der Waals surface area contributed by atoms with Crippen molar-refractivity contribution in [3.05, 3.63) is 34.9 Å². The molecule has 19 heavy (non-hydrogen) atoms. The molecule has 0 aromatic carbocycles. The lowest BCUT2D eigenvalue weighted by Crippen LogP contribution is -2.23. The third-order valence-corrected chi connectivity index (χ3v) is 3.45. The minimum Gasteiger partial charge on any atom is -0.311 e. The Balaban J connectivity index is 2.27. The zero-order chi connectivity index (χ0) is 14.0. The first-order valence-corrected chi connectivity index (χ1v) is 6.76. The van der Waals surface area contributed by atoms with Gasteiger partial charge in [0.2, 0.25) is 0 Å². The minimum absolute atomic E-state index is 0.260. The van der Waals surface area contributed by atoms with E-state index < -0.39 is 0 Å². The Morgan fingerprint density at radius 2 is 1.89 bits per heavy atom. The first-order valence-electron chi connectivity index (χ1n) is 6.76. The predicted molar refractivity (Wildman–Crippen MR) is 76.1 cm³/mol. The maximum Gasteiger partial charge on any atom is 0.0597 e. The molecule has 2 aromatic heterocycles. The topological polar surface area (TPSA) is 47.7 Å². The summed E-state index contributed by atoms with van der Waals surface area (Å²) in [7, 11) is 3.99. The van der Waals surface area contributed by atoms with Gasteiger partial charge in [-0.3, -0.25) is 9.36 Å². The first kappa shape index (κ1) is 13.8. The molecule has 0 radical (unpaired) electrons. The van der Waals surface area contributed by atoms with Crippen molar-refractivity contribution in [2.75, 3.05) is 7.05 Å². The van der Waals surface area contributed by atoms with Gasteiger partial charge in [0.15, 0.2) is 0 Å². The number of rotatable bonds is 5. The fourth-order valence-electron chi connectivity index (χ4n) is 2.52. The van der Waals surface area contributed by atoms with Gasteiger partial charge in [-0.15, -0.1) is 0 Å². The van der Waals surface area contributed by atoms with Crippen LogP contribution >= 0.6 is 0 Å². The van der Waals surface area contributed by atoms with E-state index in [4.69, 9.17) is 0 Å². The molecule has 0 saturated carbocycles. The van der Waals surface area contributed by atoms with Crippen LogP contribution in [0.25, 0.3) is 0 Å². The van der Waals surface area contributed by atoms with Gasteiger partial charge in [-0.25, -0.2) is 0 Å². The largest absolute Gasteiger partial charge is 0.311 e. The van der Waals surface area contributed by atoms with E-state index in [-0.39, 0.29) is 6.04 Å². The highest BCUT2D eigenvalue weighted by Crippen LogP contribution is 2.19. The summed E-state index contributed by atoms with van der Waals surface area (Å²) in [4.78, 5) is 0. The quantitative estimate of drug-likeness (QED) is 0.892. The van der Waals surface area contributed by atoms with Gasteiger partial charge in [-0.2, -0.15) is 10.2 Å². The number of likely N-dealkylation sites (N-methyl/N-ethyl adjacent to an activating group) is 1. The van der Waals surface area contributed by atoms with Gasteiger partial charge < -0.3 is 5.32 Å². The van der Waals surface area contributed by atoms with Crippen molar-refractivity contribution in [2.45, 2.75) is 39.8 Å². The third kappa shape index (κ3) is 2.87. The fourth-order valence-corrected chi connectivity index (χ4v) is 2.52. The SMILES string of the molecule is CCn1nc(C)cc1C(Cc1cc(C)nn1C)NC. The molecule has 2 aromatic rings. The summed E-state index contributed by atoms with van der Waals surface area (Å²) < 4.78 is 4.03. The molecule has 5 nitrogen and oxygen atoms in total. The molecule has 0 aliphatic heterocycles. The van der Waals surface area contributed by atoms with E-state index in [1.807, 2.05) is 32.6 Å². The van der Waals surface area contributed by atoms with Gasteiger partial charge in [0.05, 0.1) is 23.1 Å². The normalized spacial score (nSPS) is 12.9. The van der Waals surface area contributed by atoms with Gasteiger partial charge >= 0.3 is 0 Å². The minimum atomic E-state index is 0.260. The van der Waals surface area contributed by atoms with Crippen LogP contribution < -0.4 is 5.32 Å². The Kier molecular flexibility index (Phi) is 4.04. The number of hydrogen-bond donors (Lipinski definition) is 1. The van der Waals surface area contributed by atoms with E-state index in [1.165, 1.54) is 11.4 Å². The van der Waals surface area contributed by atoms with Crippen molar-refractivity contribution in [3.63, 3.8) is 0 Å². The molecule has 0 bridgehead atoms. The number of nitrogens with zero attached hydrogens (tertiary/aromatic N) is 4. The second-order valence-electron chi connectivity index (χ2n) is 4.97. The molecule has 0 fully saturated rings. The van der Waals surface area contributed by atoms with Crippen LogP contribution in [0, 0.1) is 13.8 Å². The van der Waals surface area contributed by atoms with Crippen LogP contribution in [0.15, 0.2) is 12.1 Å². The Hall–Kier alpha value is -1.62. The molecule has 0 saturated heterocycles. The monoisotopic (exact) mass is 261 g/mol. The average molecular weight is 261 g/mol. The molecule has 1 unspecified atom stereocenters. The van der Waals surface area contributed by atoms with Crippen LogP contribution in [0.3, 0.4) is 0 Å². The highest BCUT2D eigenvalue weighted by molar-refractivity contribution is 5.18. The van der Waals surface area contributed by atoms with Gasteiger partial charge in [0.25, 0.3) is 0 Å². The van der Waals surface area contributed by atoms with Crippen LogP contribution in [0.4, 0.5) is 0 Å². The summed E-state index contributed by atoms with van der Waals surface area (Å²) in [5, 5.41) is 12.3. The van der Waals surface area contributed by atoms with Crippen molar-refractivity contribution in [1.82, 2.24) is 24.9 Å². The molecule has 2 rings (SSSR count). The molecule has 5 heteroatoms. The van der Waals surface area contributed by atoms with Crippen LogP contribution in [0.2, 0.25) is 0 Å². The van der Waals surface area contributed by atoms with Crippen molar-refractivity contribution >= 4 is 0 Å². The Morgan fingerprint density at radius 3 is 2.42 bits per heavy atom. The van der Waals surface area contributed by atoms with Crippen LogP contribution in [-0.2, 0) is 20.0 Å². The van der Waals surface area contributed by atoms with Crippen molar-refractivity contribution in [1.29, 1.82) is 0 Å². The second-order valence-corrected chi connectivity index (χ2v) is 4.97. The molecule has 0 aliphatic carbocycles. The van der Waals surface area contributed by atoms with E-state index in [0.717, 1.165) is 24.4 Å². The van der Waals surface area contributed by atoms with Gasteiger partial charge in [0.1, 0.15) is 0 Å².